The van der Waals surface area contributed by atoms with Crippen molar-refractivity contribution >= 4 is 28.7 Å². The molecule has 2 bridgehead atoms. The summed E-state index contributed by atoms with van der Waals surface area (Å²) in [6.07, 6.45) is 0. The zero-order valence-electron chi connectivity index (χ0n) is 20.0. The second kappa shape index (κ2) is 10.0. The third-order valence-electron chi connectivity index (χ3n) is 6.48. The average molecular weight is 481 g/mol. The van der Waals surface area contributed by atoms with Crippen molar-refractivity contribution in [1.82, 2.24) is 20.2 Å². The van der Waals surface area contributed by atoms with Crippen molar-refractivity contribution in [3.05, 3.63) is 102 Å². The first-order valence-corrected chi connectivity index (χ1v) is 12.0. The Hall–Kier alpha value is -4.46. The number of aromatic nitrogens is 2. The molecule has 1 unspecified atom stereocenters. The number of nitrogens with one attached hydrogen (secondary N) is 2. The molecule has 2 atom stereocenters. The van der Waals surface area contributed by atoms with Gasteiger partial charge in [-0.15, -0.1) is 0 Å². The molecular weight excluding hydrogens is 452 g/mol. The maximum absolute atomic E-state index is 13.7. The van der Waals surface area contributed by atoms with Gasteiger partial charge in [0, 0.05) is 17.8 Å². The lowest BCUT2D eigenvalue weighted by molar-refractivity contribution is -0.119. The predicted molar refractivity (Wildman–Crippen MR) is 139 cm³/mol. The second-order valence-electron chi connectivity index (χ2n) is 9.09. The van der Waals surface area contributed by atoms with Crippen LogP contribution in [-0.4, -0.2) is 39.4 Å². The quantitative estimate of drug-likeness (QED) is 0.411. The van der Waals surface area contributed by atoms with Crippen LogP contribution in [0, 0.1) is 5.92 Å². The number of carbonyl (C=O) groups excluding carboxylic acids is 2. The summed E-state index contributed by atoms with van der Waals surface area (Å²) >= 11 is 0. The van der Waals surface area contributed by atoms with Gasteiger partial charge in [-0.2, -0.15) is 0 Å². The molecule has 1 aromatic heterocycles. The second-order valence-corrected chi connectivity index (χ2v) is 9.09. The van der Waals surface area contributed by atoms with Crippen molar-refractivity contribution in [2.24, 2.45) is 11.7 Å². The largest absolute Gasteiger partial charge is 0.368 e. The fourth-order valence-electron chi connectivity index (χ4n) is 4.65. The van der Waals surface area contributed by atoms with E-state index in [4.69, 9.17) is 5.73 Å². The van der Waals surface area contributed by atoms with Gasteiger partial charge in [-0.25, -0.2) is 14.8 Å². The fourth-order valence-corrected chi connectivity index (χ4v) is 4.65. The lowest BCUT2D eigenvalue weighted by Gasteiger charge is -2.30. The van der Waals surface area contributed by atoms with Gasteiger partial charge in [0.15, 0.2) is 5.82 Å². The molecule has 3 amide bonds. The van der Waals surface area contributed by atoms with E-state index in [1.54, 1.807) is 4.90 Å². The monoisotopic (exact) mass is 480 g/mol. The number of fused-ring (bicyclic) bond motifs is 4. The van der Waals surface area contributed by atoms with Gasteiger partial charge in [-0.3, -0.25) is 4.79 Å². The van der Waals surface area contributed by atoms with Crippen LogP contribution in [-0.2, 0) is 11.3 Å². The molecule has 1 aliphatic rings. The van der Waals surface area contributed by atoms with Crippen molar-refractivity contribution in [2.45, 2.75) is 25.6 Å². The summed E-state index contributed by atoms with van der Waals surface area (Å²) in [5.41, 5.74) is 8.43. The Morgan fingerprint density at radius 2 is 1.56 bits per heavy atom. The zero-order chi connectivity index (χ0) is 25.1. The summed E-state index contributed by atoms with van der Waals surface area (Å²) in [7, 11) is 0. The van der Waals surface area contributed by atoms with Gasteiger partial charge in [0.2, 0.25) is 5.91 Å². The Bertz CT molecular complexity index is 1340. The number of hydrogen-bond donors (Lipinski definition) is 3. The van der Waals surface area contributed by atoms with Crippen molar-refractivity contribution in [2.75, 3.05) is 11.9 Å². The molecule has 0 spiro atoms. The van der Waals surface area contributed by atoms with Crippen LogP contribution < -0.4 is 16.4 Å². The summed E-state index contributed by atoms with van der Waals surface area (Å²) in [4.78, 5) is 37.1. The Kier molecular flexibility index (Phi) is 6.49. The molecule has 0 aliphatic carbocycles. The van der Waals surface area contributed by atoms with Crippen LogP contribution in [0.25, 0.3) is 10.9 Å². The molecule has 182 valence electrons. The lowest BCUT2D eigenvalue weighted by Crippen LogP contribution is -2.48. The van der Waals surface area contributed by atoms with Crippen LogP contribution in [0.4, 0.5) is 10.6 Å². The minimum absolute atomic E-state index is 0.192. The maximum atomic E-state index is 13.7. The van der Waals surface area contributed by atoms with E-state index in [-0.39, 0.29) is 24.5 Å². The molecule has 0 saturated heterocycles. The van der Waals surface area contributed by atoms with Crippen LogP contribution in [0.1, 0.15) is 29.9 Å². The van der Waals surface area contributed by atoms with Gasteiger partial charge >= 0.3 is 6.03 Å². The van der Waals surface area contributed by atoms with Gasteiger partial charge in [-0.05, 0) is 23.3 Å². The van der Waals surface area contributed by atoms with Gasteiger partial charge in [-0.1, -0.05) is 79.7 Å². The van der Waals surface area contributed by atoms with E-state index < -0.39 is 11.9 Å². The highest BCUT2D eigenvalue weighted by Crippen LogP contribution is 2.26. The number of anilines is 1. The maximum Gasteiger partial charge on any atom is 0.318 e. The third kappa shape index (κ3) is 4.84. The van der Waals surface area contributed by atoms with Crippen LogP contribution in [0.2, 0.25) is 0 Å². The minimum atomic E-state index is -0.705. The summed E-state index contributed by atoms with van der Waals surface area (Å²) in [5.74, 6) is 0.259. The standard InChI is InChI=1S/C28H28N6O2/c1-18-16-34(28(36)33-25(19-10-4-2-5-11-19)20-12-6-3-7-13-20)17-23-30-22-15-9-8-14-21(22)27(31-23)32-24(18)26(29)35/h2-15,18,24-25H,16-17H2,1H3,(H2,29,35)(H,33,36)(H,30,31,32)/t18?,24-/m0/s1. The van der Waals surface area contributed by atoms with E-state index in [2.05, 4.69) is 20.6 Å². The number of primary amides is 1. The molecule has 5 rings (SSSR count). The molecule has 3 aromatic carbocycles. The molecular formula is C28H28N6O2. The summed E-state index contributed by atoms with van der Waals surface area (Å²) in [5, 5.41) is 7.21. The smallest absolute Gasteiger partial charge is 0.318 e. The molecule has 1 aliphatic heterocycles. The molecule has 36 heavy (non-hydrogen) atoms. The first-order chi connectivity index (χ1) is 17.5. The normalized spacial score (nSPS) is 17.6. The van der Waals surface area contributed by atoms with Crippen LogP contribution >= 0.6 is 0 Å². The molecule has 8 nitrogen and oxygen atoms in total. The first kappa shape index (κ1) is 23.3. The Labute approximate surface area is 209 Å². The highest BCUT2D eigenvalue weighted by molar-refractivity contribution is 5.92. The summed E-state index contributed by atoms with van der Waals surface area (Å²) < 4.78 is 0. The highest BCUT2D eigenvalue weighted by atomic mass is 16.2. The topological polar surface area (TPSA) is 113 Å². The molecule has 0 fully saturated rings. The van der Waals surface area contributed by atoms with E-state index in [0.717, 1.165) is 22.0 Å². The predicted octanol–water partition coefficient (Wildman–Crippen LogP) is 3.85. The molecule has 4 aromatic rings. The van der Waals surface area contributed by atoms with E-state index in [9.17, 15) is 9.59 Å². The van der Waals surface area contributed by atoms with Gasteiger partial charge in [0.25, 0.3) is 0 Å². The number of nitrogens with two attached hydrogens (primary N) is 1. The summed E-state index contributed by atoms with van der Waals surface area (Å²) in [6.45, 7) is 2.39. The molecule has 2 heterocycles. The van der Waals surface area contributed by atoms with Crippen LogP contribution in [0.5, 0.6) is 0 Å². The molecule has 0 saturated carbocycles. The summed E-state index contributed by atoms with van der Waals surface area (Å²) in [6, 6.07) is 25.9. The number of rotatable bonds is 4. The average Bonchev–Trinajstić information content (AvgIpc) is 2.95. The van der Waals surface area contributed by atoms with Crippen molar-refractivity contribution < 1.29 is 9.59 Å². The van der Waals surface area contributed by atoms with E-state index >= 15 is 0 Å². The highest BCUT2D eigenvalue weighted by Gasteiger charge is 2.31. The van der Waals surface area contributed by atoms with Crippen molar-refractivity contribution in [3.63, 3.8) is 0 Å². The number of hydrogen-bond acceptors (Lipinski definition) is 5. The Morgan fingerprint density at radius 1 is 0.944 bits per heavy atom. The Morgan fingerprint density at radius 3 is 2.19 bits per heavy atom. The van der Waals surface area contributed by atoms with Gasteiger partial charge < -0.3 is 21.3 Å². The minimum Gasteiger partial charge on any atom is -0.368 e. The molecule has 4 N–H and O–H groups in total. The number of nitrogens with zero attached hydrogens (tertiary/aromatic N) is 3. The van der Waals surface area contributed by atoms with Crippen molar-refractivity contribution in [1.29, 1.82) is 0 Å². The van der Waals surface area contributed by atoms with Gasteiger partial charge in [0.05, 0.1) is 18.1 Å². The van der Waals surface area contributed by atoms with E-state index in [1.165, 1.54) is 0 Å². The number of amides is 3. The van der Waals surface area contributed by atoms with Gasteiger partial charge in [0.1, 0.15) is 11.9 Å². The van der Waals surface area contributed by atoms with Crippen molar-refractivity contribution in [3.8, 4) is 0 Å². The fraction of sp³-hybridized carbons (Fsp3) is 0.214. The third-order valence-corrected chi connectivity index (χ3v) is 6.48. The SMILES string of the molecule is CC1CN(C(=O)NC(c2ccccc2)c2ccccc2)Cc2nc(c3ccccc3n2)N[C@@H]1C(N)=O. The lowest BCUT2D eigenvalue weighted by atomic mass is 9.98. The number of urea groups is 1. The zero-order valence-corrected chi connectivity index (χ0v) is 20.0. The molecule has 0 radical (unpaired) electrons. The number of carbonyl (C=O) groups is 2. The number of benzene rings is 3. The van der Waals surface area contributed by atoms with E-state index in [1.807, 2.05) is 91.9 Å². The molecule has 8 heteroatoms. The van der Waals surface area contributed by atoms with E-state index in [0.29, 0.717) is 18.2 Å². The van der Waals surface area contributed by atoms with Crippen LogP contribution in [0.3, 0.4) is 0 Å². The van der Waals surface area contributed by atoms with Crippen LogP contribution in [0.15, 0.2) is 84.9 Å². The Balaban J connectivity index is 1.51. The first-order valence-electron chi connectivity index (χ1n) is 12.0. The number of para-hydroxylation sites is 1.